The van der Waals surface area contributed by atoms with Crippen molar-refractivity contribution in [1.82, 2.24) is 10.2 Å². The van der Waals surface area contributed by atoms with E-state index in [1.807, 2.05) is 19.2 Å². The van der Waals surface area contributed by atoms with Gasteiger partial charge in [0, 0.05) is 36.2 Å². The van der Waals surface area contributed by atoms with Crippen molar-refractivity contribution < 1.29 is 24.2 Å². The van der Waals surface area contributed by atoms with Crippen molar-refractivity contribution in [2.24, 2.45) is 11.8 Å². The van der Waals surface area contributed by atoms with Crippen LogP contribution in [0.5, 0.6) is 11.5 Å². The van der Waals surface area contributed by atoms with Crippen molar-refractivity contribution in [3.63, 3.8) is 0 Å². The normalized spacial score (nSPS) is 35.9. The van der Waals surface area contributed by atoms with Crippen molar-refractivity contribution >= 4 is 12.0 Å². The lowest BCUT2D eigenvalue weighted by Gasteiger charge is -2.64. The van der Waals surface area contributed by atoms with E-state index in [-0.39, 0.29) is 29.7 Å². The minimum absolute atomic E-state index is 0.0852. The number of amides is 1. The van der Waals surface area contributed by atoms with Crippen molar-refractivity contribution in [1.29, 1.82) is 0 Å². The van der Waals surface area contributed by atoms with Gasteiger partial charge in [0.05, 0.1) is 29.6 Å². The molecule has 3 N–H and O–H groups in total. The van der Waals surface area contributed by atoms with Gasteiger partial charge in [-0.05, 0) is 81.2 Å². The monoisotopic (exact) mass is 490 g/mol. The van der Waals surface area contributed by atoms with Crippen LogP contribution in [-0.4, -0.2) is 58.4 Å². The predicted molar refractivity (Wildman–Crippen MR) is 134 cm³/mol. The molecule has 1 aliphatic heterocycles. The predicted octanol–water partition coefficient (Wildman–Crippen LogP) is 3.38. The van der Waals surface area contributed by atoms with Crippen LogP contribution in [0.25, 0.3) is 6.08 Å². The topological polar surface area (TPSA) is 95.2 Å². The molecule has 7 heteroatoms. The van der Waals surface area contributed by atoms with E-state index in [0.29, 0.717) is 18.6 Å². The molecule has 0 saturated heterocycles. The molecule has 7 rings (SSSR count). The molecule has 1 amide bonds. The molecular weight excluding hydrogens is 456 g/mol. The number of phenolic OH excluding ortho intramolecular Hbond substituents is 1. The minimum Gasteiger partial charge on any atom is -0.504 e. The van der Waals surface area contributed by atoms with Crippen LogP contribution in [0, 0.1) is 11.8 Å². The Labute approximate surface area is 211 Å². The highest BCUT2D eigenvalue weighted by atomic mass is 16.5. The molecule has 2 unspecified atom stereocenters. The number of carbonyl (C=O) groups excluding carboxylic acids is 1. The van der Waals surface area contributed by atoms with E-state index < -0.39 is 17.1 Å². The first kappa shape index (κ1) is 22.4. The lowest BCUT2D eigenvalue weighted by molar-refractivity contribution is -0.193. The number of ether oxygens (including phenoxy) is 1. The van der Waals surface area contributed by atoms with Crippen LogP contribution in [0.2, 0.25) is 0 Å². The molecule has 6 atom stereocenters. The zero-order chi connectivity index (χ0) is 24.7. The quantitative estimate of drug-likeness (QED) is 0.538. The lowest BCUT2D eigenvalue weighted by Crippen LogP contribution is -2.75. The maximum absolute atomic E-state index is 13.2. The maximum atomic E-state index is 13.2. The molecule has 3 fully saturated rings. The van der Waals surface area contributed by atoms with Crippen LogP contribution >= 0.6 is 0 Å². The van der Waals surface area contributed by atoms with Crippen LogP contribution in [-0.2, 0) is 16.6 Å². The summed E-state index contributed by atoms with van der Waals surface area (Å²) in [6.07, 6.45) is 12.5. The van der Waals surface area contributed by atoms with Crippen LogP contribution in [0.1, 0.15) is 55.2 Å². The summed E-state index contributed by atoms with van der Waals surface area (Å²) in [6, 6.07) is 5.61. The van der Waals surface area contributed by atoms with Gasteiger partial charge >= 0.3 is 0 Å². The van der Waals surface area contributed by atoms with Gasteiger partial charge in [-0.2, -0.15) is 0 Å². The Balaban J connectivity index is 1.25. The highest BCUT2D eigenvalue weighted by molar-refractivity contribution is 5.91. The molecule has 0 radical (unpaired) electrons. The van der Waals surface area contributed by atoms with Crippen LogP contribution in [0.3, 0.4) is 0 Å². The standard InChI is InChI=1S/C29H34N2O5/c1-31(24(33)7-4-18-10-13-35-16-18)22-9-12-29(34)20-14-19-5-6-23(32)26-25(19)28(29,27(22)36-26)11-8-21(20)30-15-17-2-3-17/h4-7,10,13,16-17,20-22,27,30,32,34H,2-3,8-9,11-12,14-15H2,1H3/b7-4+/t20-,21?,22+,27-,28?,29+/m0/s1. The van der Waals surface area contributed by atoms with Gasteiger partial charge < -0.3 is 29.6 Å². The molecule has 36 heavy (non-hydrogen) atoms. The number of likely N-dealkylation sites (N-methyl/N-ethyl adjacent to an activating group) is 1. The number of aromatic hydroxyl groups is 1. The SMILES string of the molecule is CN(C(=O)/C=C/c1ccoc1)[C@@H]1CC[C@@]2(O)[C@H]3Cc4ccc(O)c5c4C2(CCC3NCC2CC2)[C@H]1O5. The smallest absolute Gasteiger partial charge is 0.246 e. The molecule has 190 valence electrons. The second kappa shape index (κ2) is 7.86. The fraction of sp³-hybridized carbons (Fsp3) is 0.552. The number of furan rings is 1. The Morgan fingerprint density at radius 3 is 2.86 bits per heavy atom. The molecule has 1 aromatic carbocycles. The minimum atomic E-state index is -0.934. The first-order valence-corrected chi connectivity index (χ1v) is 13.4. The van der Waals surface area contributed by atoms with Gasteiger partial charge in [-0.15, -0.1) is 0 Å². The van der Waals surface area contributed by atoms with Gasteiger partial charge in [0.2, 0.25) is 5.91 Å². The Morgan fingerprint density at radius 1 is 1.22 bits per heavy atom. The number of hydrogen-bond acceptors (Lipinski definition) is 6. The highest BCUT2D eigenvalue weighted by Crippen LogP contribution is 2.67. The van der Waals surface area contributed by atoms with Crippen molar-refractivity contribution in [3.8, 4) is 11.5 Å². The molecule has 7 nitrogen and oxygen atoms in total. The average Bonchev–Trinajstić information content (AvgIpc) is 3.40. The van der Waals surface area contributed by atoms with Gasteiger partial charge in [0.1, 0.15) is 6.10 Å². The van der Waals surface area contributed by atoms with Gasteiger partial charge in [-0.3, -0.25) is 4.79 Å². The maximum Gasteiger partial charge on any atom is 0.246 e. The molecule has 2 heterocycles. The molecule has 2 bridgehead atoms. The summed E-state index contributed by atoms with van der Waals surface area (Å²) < 4.78 is 11.7. The summed E-state index contributed by atoms with van der Waals surface area (Å²) in [5, 5.41) is 27.2. The third kappa shape index (κ3) is 3.02. The Bertz CT molecular complexity index is 1220. The van der Waals surface area contributed by atoms with E-state index in [1.165, 1.54) is 18.4 Å². The third-order valence-corrected chi connectivity index (χ3v) is 9.90. The van der Waals surface area contributed by atoms with Gasteiger partial charge in [0.15, 0.2) is 11.5 Å². The number of nitrogens with one attached hydrogen (secondary N) is 1. The van der Waals surface area contributed by atoms with E-state index >= 15 is 0 Å². The summed E-state index contributed by atoms with van der Waals surface area (Å²) in [5.74, 6) is 1.39. The Morgan fingerprint density at radius 2 is 2.08 bits per heavy atom. The van der Waals surface area contributed by atoms with E-state index in [2.05, 4.69) is 5.32 Å². The fourth-order valence-corrected chi connectivity index (χ4v) is 7.94. The van der Waals surface area contributed by atoms with Crippen LogP contribution in [0.4, 0.5) is 0 Å². The molecule has 1 aromatic heterocycles. The molecule has 2 aromatic rings. The number of hydrogen-bond donors (Lipinski definition) is 3. The number of rotatable bonds is 6. The molecule has 5 aliphatic rings. The highest BCUT2D eigenvalue weighted by Gasteiger charge is 2.73. The van der Waals surface area contributed by atoms with Crippen LogP contribution < -0.4 is 10.1 Å². The van der Waals surface area contributed by atoms with E-state index in [9.17, 15) is 15.0 Å². The molecular formula is C29H34N2O5. The zero-order valence-electron chi connectivity index (χ0n) is 20.7. The van der Waals surface area contributed by atoms with Gasteiger partial charge in [0.25, 0.3) is 0 Å². The van der Waals surface area contributed by atoms with Gasteiger partial charge in [-0.25, -0.2) is 0 Å². The lowest BCUT2D eigenvalue weighted by atomic mass is 9.44. The summed E-state index contributed by atoms with van der Waals surface area (Å²) >= 11 is 0. The fourth-order valence-electron chi connectivity index (χ4n) is 7.94. The van der Waals surface area contributed by atoms with E-state index in [0.717, 1.165) is 42.9 Å². The zero-order valence-corrected chi connectivity index (χ0v) is 20.7. The average molecular weight is 491 g/mol. The summed E-state index contributed by atoms with van der Waals surface area (Å²) in [7, 11) is 1.82. The largest absolute Gasteiger partial charge is 0.504 e. The molecule has 1 spiro atoms. The summed E-state index contributed by atoms with van der Waals surface area (Å²) in [4.78, 5) is 15.0. The molecule has 3 saturated carbocycles. The van der Waals surface area contributed by atoms with E-state index in [4.69, 9.17) is 9.15 Å². The second-order valence-electron chi connectivity index (χ2n) is 11.6. The Hall–Kier alpha value is -2.77. The van der Waals surface area contributed by atoms with Crippen molar-refractivity contribution in [2.75, 3.05) is 13.6 Å². The summed E-state index contributed by atoms with van der Waals surface area (Å²) in [5.41, 5.74) is 1.44. The first-order valence-electron chi connectivity index (χ1n) is 13.4. The molecule has 4 aliphatic carbocycles. The number of benzene rings is 1. The van der Waals surface area contributed by atoms with Crippen molar-refractivity contribution in [3.05, 3.63) is 53.5 Å². The number of aliphatic hydroxyl groups is 1. The third-order valence-electron chi connectivity index (χ3n) is 9.90. The second-order valence-corrected chi connectivity index (χ2v) is 11.6. The first-order chi connectivity index (χ1) is 17.4. The van der Waals surface area contributed by atoms with Crippen LogP contribution in [0.15, 0.2) is 41.2 Å². The number of nitrogens with zero attached hydrogens (tertiary/aromatic N) is 1. The number of carbonyl (C=O) groups is 1. The van der Waals surface area contributed by atoms with E-state index in [1.54, 1.807) is 35.6 Å². The van der Waals surface area contributed by atoms with Crippen molar-refractivity contribution in [2.45, 2.75) is 74.1 Å². The Kier molecular flexibility index (Phi) is 4.90. The summed E-state index contributed by atoms with van der Waals surface area (Å²) in [6.45, 7) is 1.03. The van der Waals surface area contributed by atoms with Gasteiger partial charge in [-0.1, -0.05) is 6.07 Å². The number of phenols is 1.